The predicted octanol–water partition coefficient (Wildman–Crippen LogP) is 2.97. The van der Waals surface area contributed by atoms with Gasteiger partial charge in [-0.05, 0) is 57.5 Å². The first kappa shape index (κ1) is 16.5. The monoisotopic (exact) mass is 315 g/mol. The summed E-state index contributed by atoms with van der Waals surface area (Å²) in [7, 11) is 0. The Labute approximate surface area is 139 Å². The van der Waals surface area contributed by atoms with Gasteiger partial charge in [-0.1, -0.05) is 24.6 Å². The zero-order valence-corrected chi connectivity index (χ0v) is 14.0. The summed E-state index contributed by atoms with van der Waals surface area (Å²) < 4.78 is 0. The Balaban J connectivity index is 1.42. The largest absolute Gasteiger partial charge is 0.326 e. The second-order valence-electron chi connectivity index (χ2n) is 6.86. The molecule has 1 aromatic rings. The summed E-state index contributed by atoms with van der Waals surface area (Å²) in [6.07, 6.45) is 7.25. The molecule has 0 radical (unpaired) electrons. The lowest BCUT2D eigenvalue weighted by molar-refractivity contribution is -0.116. The number of hydrogen-bond donors (Lipinski definition) is 1. The normalized spacial score (nSPS) is 23.0. The van der Waals surface area contributed by atoms with Gasteiger partial charge in [-0.3, -0.25) is 9.69 Å². The molecule has 1 N–H and O–H groups in total. The lowest BCUT2D eigenvalue weighted by Crippen LogP contribution is -2.43. The Morgan fingerprint density at radius 2 is 1.83 bits per heavy atom. The van der Waals surface area contributed by atoms with Gasteiger partial charge in [0.15, 0.2) is 0 Å². The van der Waals surface area contributed by atoms with Crippen LogP contribution in [0.3, 0.4) is 0 Å². The van der Waals surface area contributed by atoms with E-state index in [2.05, 4.69) is 15.1 Å². The second kappa shape index (κ2) is 8.46. The maximum absolute atomic E-state index is 12.1. The molecule has 2 aliphatic rings. The van der Waals surface area contributed by atoms with Crippen LogP contribution >= 0.6 is 0 Å². The van der Waals surface area contributed by atoms with Crippen molar-refractivity contribution in [3.63, 3.8) is 0 Å². The maximum atomic E-state index is 12.1. The summed E-state index contributed by atoms with van der Waals surface area (Å²) in [4.78, 5) is 17.3. The van der Waals surface area contributed by atoms with E-state index in [1.165, 1.54) is 51.7 Å². The molecule has 4 nitrogen and oxygen atoms in total. The van der Waals surface area contributed by atoms with Crippen LogP contribution in [0.1, 0.15) is 38.5 Å². The van der Waals surface area contributed by atoms with E-state index >= 15 is 0 Å². The van der Waals surface area contributed by atoms with Crippen LogP contribution in [0.5, 0.6) is 0 Å². The van der Waals surface area contributed by atoms with Crippen LogP contribution in [0.15, 0.2) is 30.3 Å². The zero-order chi connectivity index (χ0) is 15.9. The average molecular weight is 315 g/mol. The summed E-state index contributed by atoms with van der Waals surface area (Å²) >= 11 is 0. The van der Waals surface area contributed by atoms with E-state index in [0.717, 1.165) is 18.8 Å². The molecule has 23 heavy (non-hydrogen) atoms. The van der Waals surface area contributed by atoms with Gasteiger partial charge in [0.2, 0.25) is 5.91 Å². The van der Waals surface area contributed by atoms with E-state index in [1.54, 1.807) is 0 Å². The van der Waals surface area contributed by atoms with Crippen molar-refractivity contribution in [3.8, 4) is 0 Å². The van der Waals surface area contributed by atoms with Gasteiger partial charge in [0.25, 0.3) is 0 Å². The Hall–Kier alpha value is -1.39. The SMILES string of the molecule is O=C(CCN1CCC[C@@H]1CN1CCCCC1)Nc1ccccc1. The van der Waals surface area contributed by atoms with Crippen LogP contribution in [0.25, 0.3) is 0 Å². The van der Waals surface area contributed by atoms with Crippen LogP contribution < -0.4 is 5.32 Å². The van der Waals surface area contributed by atoms with Gasteiger partial charge in [0.1, 0.15) is 0 Å². The fraction of sp³-hybridized carbons (Fsp3) is 0.632. The van der Waals surface area contributed by atoms with E-state index in [1.807, 2.05) is 30.3 Å². The molecule has 0 aliphatic carbocycles. The standard InChI is InChI=1S/C19H29N3O/c23-19(20-17-8-3-1-4-9-17)11-15-22-14-7-10-18(22)16-21-12-5-2-6-13-21/h1,3-4,8-9,18H,2,5-7,10-16H2,(H,20,23)/t18-/m1/s1. The van der Waals surface area contributed by atoms with Crippen LogP contribution in [0.2, 0.25) is 0 Å². The van der Waals surface area contributed by atoms with Gasteiger partial charge >= 0.3 is 0 Å². The van der Waals surface area contributed by atoms with Crippen molar-refractivity contribution in [2.75, 3.05) is 38.0 Å². The first-order chi connectivity index (χ1) is 11.3. The third-order valence-electron chi connectivity index (χ3n) is 5.10. The lowest BCUT2D eigenvalue weighted by atomic mass is 10.1. The third-order valence-corrected chi connectivity index (χ3v) is 5.10. The highest BCUT2D eigenvalue weighted by Crippen LogP contribution is 2.20. The number of nitrogens with zero attached hydrogens (tertiary/aromatic N) is 2. The molecule has 0 aromatic heterocycles. The summed E-state index contributed by atoms with van der Waals surface area (Å²) in [6.45, 7) is 5.76. The van der Waals surface area contributed by atoms with Crippen molar-refractivity contribution in [1.29, 1.82) is 0 Å². The maximum Gasteiger partial charge on any atom is 0.225 e. The van der Waals surface area contributed by atoms with Gasteiger partial charge in [-0.15, -0.1) is 0 Å². The quantitative estimate of drug-likeness (QED) is 0.876. The van der Waals surface area contributed by atoms with Crippen LogP contribution in [0, 0.1) is 0 Å². The number of para-hydroxylation sites is 1. The first-order valence-corrected chi connectivity index (χ1v) is 9.12. The molecule has 0 spiro atoms. The number of likely N-dealkylation sites (tertiary alicyclic amines) is 2. The summed E-state index contributed by atoms with van der Waals surface area (Å²) in [5.41, 5.74) is 0.892. The molecule has 2 saturated heterocycles. The molecule has 126 valence electrons. The molecular weight excluding hydrogens is 286 g/mol. The predicted molar refractivity (Wildman–Crippen MR) is 94.6 cm³/mol. The van der Waals surface area contributed by atoms with Crippen molar-refractivity contribution in [2.45, 2.75) is 44.6 Å². The Kier molecular flexibility index (Phi) is 6.06. The topological polar surface area (TPSA) is 35.6 Å². The smallest absolute Gasteiger partial charge is 0.225 e. The van der Waals surface area contributed by atoms with E-state index in [0.29, 0.717) is 12.5 Å². The van der Waals surface area contributed by atoms with E-state index in [-0.39, 0.29) is 5.91 Å². The molecule has 0 saturated carbocycles. The van der Waals surface area contributed by atoms with E-state index in [9.17, 15) is 4.79 Å². The van der Waals surface area contributed by atoms with Crippen LogP contribution in [-0.4, -0.2) is 54.5 Å². The van der Waals surface area contributed by atoms with E-state index in [4.69, 9.17) is 0 Å². The van der Waals surface area contributed by atoms with Crippen molar-refractivity contribution in [2.24, 2.45) is 0 Å². The van der Waals surface area contributed by atoms with Gasteiger partial charge in [-0.2, -0.15) is 0 Å². The molecule has 0 bridgehead atoms. The Morgan fingerprint density at radius 3 is 2.61 bits per heavy atom. The Bertz CT molecular complexity index is 485. The van der Waals surface area contributed by atoms with Crippen molar-refractivity contribution < 1.29 is 4.79 Å². The number of nitrogens with one attached hydrogen (secondary N) is 1. The summed E-state index contributed by atoms with van der Waals surface area (Å²) in [5.74, 6) is 0.125. The summed E-state index contributed by atoms with van der Waals surface area (Å²) in [5, 5.41) is 2.99. The second-order valence-corrected chi connectivity index (χ2v) is 6.86. The number of rotatable bonds is 6. The number of carbonyl (C=O) groups is 1. The molecule has 2 heterocycles. The van der Waals surface area contributed by atoms with Crippen LogP contribution in [0.4, 0.5) is 5.69 Å². The highest BCUT2D eigenvalue weighted by Gasteiger charge is 2.27. The molecule has 2 aliphatic heterocycles. The minimum atomic E-state index is 0.125. The molecule has 1 atom stereocenters. The molecule has 1 aromatic carbocycles. The van der Waals surface area contributed by atoms with Gasteiger partial charge in [-0.25, -0.2) is 0 Å². The average Bonchev–Trinajstić information content (AvgIpc) is 3.02. The molecule has 2 fully saturated rings. The minimum Gasteiger partial charge on any atom is -0.326 e. The van der Waals surface area contributed by atoms with Crippen molar-refractivity contribution >= 4 is 11.6 Å². The molecule has 0 unspecified atom stereocenters. The zero-order valence-electron chi connectivity index (χ0n) is 14.0. The number of benzene rings is 1. The van der Waals surface area contributed by atoms with E-state index < -0.39 is 0 Å². The fourth-order valence-corrected chi connectivity index (χ4v) is 3.83. The number of amides is 1. The van der Waals surface area contributed by atoms with Crippen LogP contribution in [-0.2, 0) is 4.79 Å². The molecular formula is C19H29N3O. The van der Waals surface area contributed by atoms with Crippen molar-refractivity contribution in [3.05, 3.63) is 30.3 Å². The van der Waals surface area contributed by atoms with Gasteiger partial charge in [0, 0.05) is 31.2 Å². The Morgan fingerprint density at radius 1 is 1.04 bits per heavy atom. The molecule has 3 rings (SSSR count). The number of anilines is 1. The van der Waals surface area contributed by atoms with Crippen molar-refractivity contribution in [1.82, 2.24) is 9.80 Å². The highest BCUT2D eigenvalue weighted by molar-refractivity contribution is 5.90. The number of hydrogen-bond acceptors (Lipinski definition) is 3. The van der Waals surface area contributed by atoms with Gasteiger partial charge in [0.05, 0.1) is 0 Å². The third kappa shape index (κ3) is 5.05. The minimum absolute atomic E-state index is 0.125. The summed E-state index contributed by atoms with van der Waals surface area (Å²) in [6, 6.07) is 10.4. The van der Waals surface area contributed by atoms with Gasteiger partial charge < -0.3 is 10.2 Å². The molecule has 1 amide bonds. The fourth-order valence-electron chi connectivity index (χ4n) is 3.83. The lowest BCUT2D eigenvalue weighted by Gasteiger charge is -2.32. The number of carbonyl (C=O) groups excluding carboxylic acids is 1. The molecule has 4 heteroatoms. The highest BCUT2D eigenvalue weighted by atomic mass is 16.1. The first-order valence-electron chi connectivity index (χ1n) is 9.12. The number of piperidine rings is 1.